The van der Waals surface area contributed by atoms with Crippen LogP contribution in [0.25, 0.3) is 11.0 Å². The van der Waals surface area contributed by atoms with Crippen LogP contribution in [0, 0.1) is 0 Å². The highest BCUT2D eigenvalue weighted by atomic mass is 16.5. The first-order valence-electron chi connectivity index (χ1n) is 10.4. The molecular weight excluding hydrogens is 380 g/mol. The molecule has 1 saturated heterocycles. The van der Waals surface area contributed by atoms with Crippen molar-refractivity contribution in [3.8, 4) is 5.75 Å². The molecule has 0 unspecified atom stereocenters. The first kappa shape index (κ1) is 20.1. The molecule has 2 N–H and O–H groups in total. The molecule has 7 heteroatoms. The monoisotopic (exact) mass is 407 g/mol. The number of benzene rings is 2. The van der Waals surface area contributed by atoms with Crippen LogP contribution < -0.4 is 20.5 Å². The van der Waals surface area contributed by atoms with E-state index in [1.54, 1.807) is 7.11 Å². The Morgan fingerprint density at radius 2 is 1.90 bits per heavy atom. The summed E-state index contributed by atoms with van der Waals surface area (Å²) in [6.45, 7) is 2.70. The van der Waals surface area contributed by atoms with Crippen LogP contribution in [0.1, 0.15) is 24.4 Å². The molecule has 2 aromatic carbocycles. The van der Waals surface area contributed by atoms with E-state index in [1.807, 2.05) is 36.4 Å². The fraction of sp³-hybridized carbons (Fsp3) is 0.348. The van der Waals surface area contributed by atoms with Gasteiger partial charge in [0.25, 0.3) is 5.56 Å². The minimum absolute atomic E-state index is 0.0213. The lowest BCUT2D eigenvalue weighted by Gasteiger charge is -2.25. The summed E-state index contributed by atoms with van der Waals surface area (Å²) in [5.74, 6) is 0.646. The molecule has 30 heavy (non-hydrogen) atoms. The Kier molecular flexibility index (Phi) is 6.09. The lowest BCUT2D eigenvalue weighted by Crippen LogP contribution is -3.11. The third-order valence-corrected chi connectivity index (χ3v) is 5.81. The summed E-state index contributed by atoms with van der Waals surface area (Å²) < 4.78 is 6.75. The van der Waals surface area contributed by atoms with Crippen LogP contribution in [0.3, 0.4) is 0 Å². The standard InChI is InChI=1S/C23H26N4O3/c1-30-18-10-8-17(9-11-18)21(26-12-4-5-13-26)14-25-22(28)16-27-20-7-3-2-6-19(20)24-15-23(27)29/h2-3,6-11,15,21H,4-5,12-14,16H2,1H3,(H,25,28)/p+1/t21-/m1/s1. The van der Waals surface area contributed by atoms with E-state index >= 15 is 0 Å². The number of hydrogen-bond donors (Lipinski definition) is 2. The van der Waals surface area contributed by atoms with Crippen molar-refractivity contribution in [2.45, 2.75) is 25.4 Å². The fourth-order valence-electron chi connectivity index (χ4n) is 4.20. The van der Waals surface area contributed by atoms with E-state index in [0.29, 0.717) is 17.6 Å². The summed E-state index contributed by atoms with van der Waals surface area (Å²) >= 11 is 0. The van der Waals surface area contributed by atoms with Crippen molar-refractivity contribution < 1.29 is 14.4 Å². The maximum Gasteiger partial charge on any atom is 0.269 e. The van der Waals surface area contributed by atoms with Crippen LogP contribution in [0.4, 0.5) is 0 Å². The Bertz CT molecular complexity index is 1070. The minimum Gasteiger partial charge on any atom is -0.497 e. The molecule has 3 aromatic rings. The van der Waals surface area contributed by atoms with E-state index in [9.17, 15) is 9.59 Å². The van der Waals surface area contributed by atoms with Crippen LogP contribution in [0.5, 0.6) is 5.75 Å². The normalized spacial score (nSPS) is 15.2. The zero-order valence-corrected chi connectivity index (χ0v) is 17.1. The predicted octanol–water partition coefficient (Wildman–Crippen LogP) is 0.941. The molecular formula is C23H27N4O3+. The number of fused-ring (bicyclic) bond motifs is 1. The number of aromatic nitrogens is 2. The zero-order valence-electron chi connectivity index (χ0n) is 17.1. The number of amides is 1. The highest BCUT2D eigenvalue weighted by Crippen LogP contribution is 2.16. The van der Waals surface area contributed by atoms with Gasteiger partial charge in [0.05, 0.1) is 44.0 Å². The number of hydrogen-bond acceptors (Lipinski definition) is 4. The third kappa shape index (κ3) is 4.36. The van der Waals surface area contributed by atoms with Gasteiger partial charge in [-0.1, -0.05) is 12.1 Å². The molecule has 156 valence electrons. The second-order valence-electron chi connectivity index (χ2n) is 7.67. The molecule has 7 nitrogen and oxygen atoms in total. The lowest BCUT2D eigenvalue weighted by atomic mass is 10.1. The summed E-state index contributed by atoms with van der Waals surface area (Å²) in [7, 11) is 1.66. The highest BCUT2D eigenvalue weighted by molar-refractivity contribution is 5.79. The van der Waals surface area contributed by atoms with E-state index < -0.39 is 0 Å². The Hall–Kier alpha value is -3.19. The first-order valence-corrected chi connectivity index (χ1v) is 10.4. The van der Waals surface area contributed by atoms with Crippen LogP contribution in [-0.4, -0.2) is 42.2 Å². The number of carbonyl (C=O) groups is 1. The number of nitrogens with one attached hydrogen (secondary N) is 2. The van der Waals surface area contributed by atoms with E-state index in [2.05, 4.69) is 22.4 Å². The number of nitrogens with zero attached hydrogens (tertiary/aromatic N) is 2. The van der Waals surface area contributed by atoms with Crippen molar-refractivity contribution in [1.82, 2.24) is 14.9 Å². The molecule has 1 fully saturated rings. The van der Waals surface area contributed by atoms with Crippen molar-refractivity contribution in [3.63, 3.8) is 0 Å². The Morgan fingerprint density at radius 3 is 2.63 bits per heavy atom. The molecule has 1 amide bonds. The van der Waals surface area contributed by atoms with Crippen molar-refractivity contribution in [1.29, 1.82) is 0 Å². The van der Waals surface area contributed by atoms with Gasteiger partial charge in [0.1, 0.15) is 18.3 Å². The van der Waals surface area contributed by atoms with Gasteiger partial charge in [-0.3, -0.25) is 14.2 Å². The van der Waals surface area contributed by atoms with Gasteiger partial charge in [-0.2, -0.15) is 0 Å². The molecule has 0 bridgehead atoms. The molecule has 0 radical (unpaired) electrons. The Balaban J connectivity index is 1.49. The molecule has 1 aromatic heterocycles. The van der Waals surface area contributed by atoms with Crippen molar-refractivity contribution in [2.75, 3.05) is 26.7 Å². The Labute approximate surface area is 175 Å². The van der Waals surface area contributed by atoms with Gasteiger partial charge < -0.3 is 15.0 Å². The second-order valence-corrected chi connectivity index (χ2v) is 7.67. The van der Waals surface area contributed by atoms with Crippen LogP contribution >= 0.6 is 0 Å². The van der Waals surface area contributed by atoms with E-state index in [0.717, 1.165) is 18.8 Å². The minimum atomic E-state index is -0.277. The number of methoxy groups -OCH3 is 1. The van der Waals surface area contributed by atoms with Gasteiger partial charge in [-0.05, 0) is 36.4 Å². The highest BCUT2D eigenvalue weighted by Gasteiger charge is 2.28. The van der Waals surface area contributed by atoms with E-state index in [-0.39, 0.29) is 24.1 Å². The van der Waals surface area contributed by atoms with Crippen LogP contribution in [-0.2, 0) is 11.3 Å². The summed E-state index contributed by atoms with van der Waals surface area (Å²) in [6.07, 6.45) is 3.67. The number of quaternary nitrogens is 1. The van der Waals surface area contributed by atoms with E-state index in [4.69, 9.17) is 4.74 Å². The van der Waals surface area contributed by atoms with Crippen molar-refractivity contribution >= 4 is 16.9 Å². The first-order chi connectivity index (χ1) is 14.7. The van der Waals surface area contributed by atoms with Gasteiger partial charge in [0.2, 0.25) is 5.91 Å². The fourth-order valence-corrected chi connectivity index (χ4v) is 4.20. The third-order valence-electron chi connectivity index (χ3n) is 5.81. The molecule has 1 aliphatic heterocycles. The van der Waals surface area contributed by atoms with Crippen molar-refractivity contribution in [2.24, 2.45) is 0 Å². The molecule has 2 heterocycles. The summed E-state index contributed by atoms with van der Waals surface area (Å²) in [5, 5.41) is 3.06. The van der Waals surface area contributed by atoms with Crippen LogP contribution in [0.15, 0.2) is 59.5 Å². The summed E-state index contributed by atoms with van der Waals surface area (Å²) in [6, 6.07) is 15.6. The van der Waals surface area contributed by atoms with Crippen molar-refractivity contribution in [3.05, 3.63) is 70.6 Å². The smallest absolute Gasteiger partial charge is 0.269 e. The molecule has 0 aliphatic carbocycles. The van der Waals surface area contributed by atoms with E-state index in [1.165, 1.54) is 34.1 Å². The number of ether oxygens (including phenoxy) is 1. The molecule has 1 atom stereocenters. The Morgan fingerprint density at radius 1 is 1.17 bits per heavy atom. The maximum absolute atomic E-state index is 12.7. The van der Waals surface area contributed by atoms with Gasteiger partial charge in [0, 0.05) is 18.4 Å². The SMILES string of the molecule is COc1ccc([C@@H](CNC(=O)Cn2c(=O)cnc3ccccc32)[NH+]2CCCC2)cc1. The van der Waals surface area contributed by atoms with Gasteiger partial charge >= 0.3 is 0 Å². The average molecular weight is 407 g/mol. The topological polar surface area (TPSA) is 77.7 Å². The largest absolute Gasteiger partial charge is 0.497 e. The predicted molar refractivity (Wildman–Crippen MR) is 115 cm³/mol. The molecule has 1 aliphatic rings. The number of para-hydroxylation sites is 2. The zero-order chi connectivity index (χ0) is 20.9. The van der Waals surface area contributed by atoms with Gasteiger partial charge in [-0.25, -0.2) is 4.98 Å². The lowest BCUT2D eigenvalue weighted by molar-refractivity contribution is -0.918. The summed E-state index contributed by atoms with van der Waals surface area (Å²) in [5.41, 5.74) is 2.26. The average Bonchev–Trinajstić information content (AvgIpc) is 3.31. The second kappa shape index (κ2) is 9.09. The van der Waals surface area contributed by atoms with Crippen LogP contribution in [0.2, 0.25) is 0 Å². The summed E-state index contributed by atoms with van der Waals surface area (Å²) in [4.78, 5) is 30.7. The van der Waals surface area contributed by atoms with Gasteiger partial charge in [-0.15, -0.1) is 0 Å². The maximum atomic E-state index is 12.7. The number of carbonyl (C=O) groups excluding carboxylic acids is 1. The quantitative estimate of drug-likeness (QED) is 0.611. The molecule has 0 saturated carbocycles. The molecule has 0 spiro atoms. The molecule has 4 rings (SSSR count). The van der Waals surface area contributed by atoms with Gasteiger partial charge in [0.15, 0.2) is 0 Å². The number of rotatable bonds is 7. The number of likely N-dealkylation sites (tertiary alicyclic amines) is 1.